The Labute approximate surface area is 163 Å². The van der Waals surface area contributed by atoms with Crippen molar-refractivity contribution in [2.75, 3.05) is 19.8 Å². The third kappa shape index (κ3) is 6.97. The molecule has 0 aliphatic carbocycles. The van der Waals surface area contributed by atoms with Gasteiger partial charge in [-0.05, 0) is 42.8 Å². The van der Waals surface area contributed by atoms with Gasteiger partial charge >= 0.3 is 5.97 Å². The number of nitrogens with one attached hydrogen (secondary N) is 1. The Morgan fingerprint density at radius 1 is 1.08 bits per heavy atom. The summed E-state index contributed by atoms with van der Waals surface area (Å²) in [4.78, 5) is 36.1. The van der Waals surface area contributed by atoms with Crippen molar-refractivity contribution in [1.82, 2.24) is 5.32 Å². The molecule has 26 heavy (non-hydrogen) atoms. The summed E-state index contributed by atoms with van der Waals surface area (Å²) in [6.07, 6.45) is 0.651. The van der Waals surface area contributed by atoms with Crippen LogP contribution >= 0.6 is 27.3 Å². The average molecular weight is 440 g/mol. The predicted molar refractivity (Wildman–Crippen MR) is 102 cm³/mol. The van der Waals surface area contributed by atoms with Gasteiger partial charge in [0, 0.05) is 22.8 Å². The maximum Gasteiger partial charge on any atom is 0.344 e. The van der Waals surface area contributed by atoms with Crippen LogP contribution in [0, 0.1) is 0 Å². The van der Waals surface area contributed by atoms with Crippen molar-refractivity contribution in [3.8, 4) is 5.75 Å². The van der Waals surface area contributed by atoms with E-state index in [4.69, 9.17) is 9.47 Å². The normalized spacial score (nSPS) is 10.2. The molecule has 138 valence electrons. The lowest BCUT2D eigenvalue weighted by Gasteiger charge is -2.06. The lowest BCUT2D eigenvalue weighted by Crippen LogP contribution is -2.22. The number of rotatable bonds is 9. The predicted octanol–water partition coefficient (Wildman–Crippen LogP) is 2.99. The summed E-state index contributed by atoms with van der Waals surface area (Å²) >= 11 is 4.64. The van der Waals surface area contributed by atoms with Crippen LogP contribution in [0.25, 0.3) is 0 Å². The summed E-state index contributed by atoms with van der Waals surface area (Å²) in [5.41, 5.74) is 0. The largest absolute Gasteiger partial charge is 0.482 e. The van der Waals surface area contributed by atoms with Gasteiger partial charge < -0.3 is 14.8 Å². The van der Waals surface area contributed by atoms with Gasteiger partial charge in [0.15, 0.2) is 13.2 Å². The Kier molecular flexibility index (Phi) is 7.80. The number of thiophene rings is 1. The van der Waals surface area contributed by atoms with Crippen LogP contribution in [0.15, 0.2) is 40.9 Å². The zero-order chi connectivity index (χ0) is 18.9. The van der Waals surface area contributed by atoms with Crippen LogP contribution in [0.5, 0.6) is 5.75 Å². The molecule has 2 aromatic rings. The van der Waals surface area contributed by atoms with Crippen LogP contribution in [-0.2, 0) is 20.7 Å². The molecule has 1 heterocycles. The van der Waals surface area contributed by atoms with Crippen molar-refractivity contribution < 1.29 is 23.9 Å². The van der Waals surface area contributed by atoms with Crippen molar-refractivity contribution in [3.05, 3.63) is 50.6 Å². The van der Waals surface area contributed by atoms with Gasteiger partial charge in [0.05, 0.1) is 4.88 Å². The maximum absolute atomic E-state index is 12.1. The van der Waals surface area contributed by atoms with Crippen LogP contribution in [0.1, 0.15) is 21.5 Å². The summed E-state index contributed by atoms with van der Waals surface area (Å²) in [5, 5.41) is 2.70. The van der Waals surface area contributed by atoms with E-state index < -0.39 is 5.97 Å². The van der Waals surface area contributed by atoms with Gasteiger partial charge in [-0.2, -0.15) is 0 Å². The summed E-state index contributed by atoms with van der Waals surface area (Å²) in [6, 6.07) is 10.6. The van der Waals surface area contributed by atoms with Crippen LogP contribution in [-0.4, -0.2) is 37.4 Å². The molecule has 0 unspecified atom stereocenters. The fraction of sp³-hybridized carbons (Fsp3) is 0.278. The highest BCUT2D eigenvalue weighted by atomic mass is 79.9. The van der Waals surface area contributed by atoms with E-state index in [1.165, 1.54) is 18.3 Å². The first-order valence-corrected chi connectivity index (χ1v) is 9.45. The standard InChI is InChI=1S/C18H18BrNO5S/c1-12(21)20-9-8-15-6-7-17(26-15)16(22)10-25-18(23)11-24-14-4-2-13(19)3-5-14/h2-7H,8-11H2,1H3,(H,20,21). The van der Waals surface area contributed by atoms with Crippen molar-refractivity contribution in [2.45, 2.75) is 13.3 Å². The number of esters is 1. The van der Waals surface area contributed by atoms with Gasteiger partial charge in [0.1, 0.15) is 5.75 Å². The molecule has 1 amide bonds. The quantitative estimate of drug-likeness (QED) is 0.479. The number of benzene rings is 1. The number of amides is 1. The van der Waals surface area contributed by atoms with E-state index in [1.54, 1.807) is 30.3 Å². The number of ether oxygens (including phenoxy) is 2. The van der Waals surface area contributed by atoms with E-state index in [0.29, 0.717) is 23.6 Å². The van der Waals surface area contributed by atoms with Gasteiger partial charge in [0.2, 0.25) is 11.7 Å². The average Bonchev–Trinajstić information content (AvgIpc) is 3.08. The number of carbonyl (C=O) groups is 3. The molecule has 0 bridgehead atoms. The smallest absolute Gasteiger partial charge is 0.344 e. The Hall–Kier alpha value is -2.19. The van der Waals surface area contributed by atoms with E-state index in [-0.39, 0.29) is 24.9 Å². The Morgan fingerprint density at radius 3 is 2.50 bits per heavy atom. The first kappa shape index (κ1) is 20.1. The Bertz CT molecular complexity index is 772. The first-order valence-electron chi connectivity index (χ1n) is 7.84. The highest BCUT2D eigenvalue weighted by molar-refractivity contribution is 9.10. The molecule has 0 atom stereocenters. The third-order valence-corrected chi connectivity index (χ3v) is 4.93. The first-order chi connectivity index (χ1) is 12.4. The van der Waals surface area contributed by atoms with Gasteiger partial charge in [-0.15, -0.1) is 11.3 Å². The molecular weight excluding hydrogens is 422 g/mol. The second-order valence-corrected chi connectivity index (χ2v) is 7.41. The fourth-order valence-corrected chi connectivity index (χ4v) is 3.15. The molecule has 0 radical (unpaired) electrons. The highest BCUT2D eigenvalue weighted by Crippen LogP contribution is 2.18. The van der Waals surface area contributed by atoms with E-state index in [1.807, 2.05) is 6.07 Å². The molecule has 0 saturated heterocycles. The van der Waals surface area contributed by atoms with Gasteiger partial charge in [-0.25, -0.2) is 4.79 Å². The highest BCUT2D eigenvalue weighted by Gasteiger charge is 2.13. The zero-order valence-corrected chi connectivity index (χ0v) is 16.5. The summed E-state index contributed by atoms with van der Waals surface area (Å²) < 4.78 is 11.2. The number of ketones is 1. The molecule has 8 heteroatoms. The minimum atomic E-state index is -0.608. The molecule has 1 N–H and O–H groups in total. The Balaban J connectivity index is 1.72. The summed E-state index contributed by atoms with van der Waals surface area (Å²) in [5.74, 6) is -0.421. The molecule has 0 aliphatic heterocycles. The van der Waals surface area contributed by atoms with Crippen molar-refractivity contribution in [2.24, 2.45) is 0 Å². The lowest BCUT2D eigenvalue weighted by molar-refractivity contribution is -0.144. The SMILES string of the molecule is CC(=O)NCCc1ccc(C(=O)COC(=O)COc2ccc(Br)cc2)s1. The molecule has 6 nitrogen and oxygen atoms in total. The molecule has 2 rings (SSSR count). The van der Waals surface area contributed by atoms with Gasteiger partial charge in [-0.3, -0.25) is 9.59 Å². The minimum Gasteiger partial charge on any atom is -0.482 e. The summed E-state index contributed by atoms with van der Waals surface area (Å²) in [6.45, 7) is 1.39. The fourth-order valence-electron chi connectivity index (χ4n) is 1.96. The molecule has 0 spiro atoms. The lowest BCUT2D eigenvalue weighted by atomic mass is 10.3. The molecule has 1 aromatic carbocycles. The minimum absolute atomic E-state index is 0.0878. The number of carbonyl (C=O) groups excluding carboxylic acids is 3. The van der Waals surface area contributed by atoms with E-state index in [9.17, 15) is 14.4 Å². The topological polar surface area (TPSA) is 81.7 Å². The molecule has 0 aliphatic rings. The van der Waals surface area contributed by atoms with Crippen LogP contribution < -0.4 is 10.1 Å². The van der Waals surface area contributed by atoms with Gasteiger partial charge in [-0.1, -0.05) is 15.9 Å². The van der Waals surface area contributed by atoms with Crippen LogP contribution in [0.2, 0.25) is 0 Å². The number of hydrogen-bond donors (Lipinski definition) is 1. The van der Waals surface area contributed by atoms with Gasteiger partial charge in [0.25, 0.3) is 0 Å². The van der Waals surface area contributed by atoms with Crippen molar-refractivity contribution in [1.29, 1.82) is 0 Å². The molecule has 0 fully saturated rings. The van der Waals surface area contributed by atoms with E-state index in [0.717, 1.165) is 9.35 Å². The molecule has 0 saturated carbocycles. The zero-order valence-electron chi connectivity index (χ0n) is 14.1. The Morgan fingerprint density at radius 2 is 1.81 bits per heavy atom. The number of hydrogen-bond acceptors (Lipinski definition) is 6. The number of halogens is 1. The van der Waals surface area contributed by atoms with E-state index in [2.05, 4.69) is 21.2 Å². The third-order valence-electron chi connectivity index (χ3n) is 3.22. The maximum atomic E-state index is 12.1. The molecular formula is C18H18BrNO5S. The number of Topliss-reactive ketones (excluding diaryl/α,β-unsaturated/α-hetero) is 1. The van der Waals surface area contributed by atoms with Crippen molar-refractivity contribution >= 4 is 44.9 Å². The van der Waals surface area contributed by atoms with E-state index >= 15 is 0 Å². The monoisotopic (exact) mass is 439 g/mol. The second kappa shape index (κ2) is 10.1. The van der Waals surface area contributed by atoms with Crippen molar-refractivity contribution in [3.63, 3.8) is 0 Å². The van der Waals surface area contributed by atoms with Crippen LogP contribution in [0.4, 0.5) is 0 Å². The second-order valence-electron chi connectivity index (χ2n) is 5.33. The molecule has 1 aromatic heterocycles. The van der Waals surface area contributed by atoms with Crippen LogP contribution in [0.3, 0.4) is 0 Å². The summed E-state index contributed by atoms with van der Waals surface area (Å²) in [7, 11) is 0.